The summed E-state index contributed by atoms with van der Waals surface area (Å²) in [6.07, 6.45) is 0. The van der Waals surface area contributed by atoms with E-state index in [0.717, 1.165) is 5.69 Å². The summed E-state index contributed by atoms with van der Waals surface area (Å²) in [7, 11) is 0. The van der Waals surface area contributed by atoms with Crippen LogP contribution in [0.3, 0.4) is 0 Å². The molecular formula is C13H22N2S. The van der Waals surface area contributed by atoms with Gasteiger partial charge in [0.2, 0.25) is 0 Å². The fraction of sp³-hybridized carbons (Fsp3) is 0.462. The molecule has 0 aromatic heterocycles. The zero-order chi connectivity index (χ0) is 12.6. The quantitative estimate of drug-likeness (QED) is 0.728. The highest BCUT2D eigenvalue weighted by Crippen LogP contribution is 2.06. The molecule has 16 heavy (non-hydrogen) atoms. The van der Waals surface area contributed by atoms with Crippen molar-refractivity contribution in [3.05, 3.63) is 30.3 Å². The van der Waals surface area contributed by atoms with Crippen molar-refractivity contribution in [1.29, 1.82) is 0 Å². The molecule has 0 heterocycles. The Kier molecular flexibility index (Phi) is 6.74. The van der Waals surface area contributed by atoms with Gasteiger partial charge in [-0.05, 0) is 45.1 Å². The minimum absolute atomic E-state index is 0.00113. The second-order valence-electron chi connectivity index (χ2n) is 4.20. The van der Waals surface area contributed by atoms with Gasteiger partial charge in [0.25, 0.3) is 0 Å². The Morgan fingerprint density at radius 3 is 2.00 bits per heavy atom. The molecule has 0 saturated heterocycles. The highest BCUT2D eigenvalue weighted by molar-refractivity contribution is 7.80. The number of benzene rings is 1. The van der Waals surface area contributed by atoms with Gasteiger partial charge in [-0.25, -0.2) is 0 Å². The van der Waals surface area contributed by atoms with Crippen LogP contribution >= 0.6 is 12.2 Å². The lowest BCUT2D eigenvalue weighted by Gasteiger charge is -2.22. The predicted octanol–water partition coefficient (Wildman–Crippen LogP) is 3.80. The molecule has 0 aliphatic rings. The van der Waals surface area contributed by atoms with Crippen molar-refractivity contribution in [3.63, 3.8) is 0 Å². The van der Waals surface area contributed by atoms with Crippen LogP contribution < -0.4 is 10.6 Å². The highest BCUT2D eigenvalue weighted by Gasteiger charge is 2.10. The summed E-state index contributed by atoms with van der Waals surface area (Å²) >= 11 is 5.16. The SMILES string of the molecule is CC.CC(C)(C)NC(=S)Nc1ccccc1. The van der Waals surface area contributed by atoms with Gasteiger partial charge in [0.15, 0.2) is 5.11 Å². The Morgan fingerprint density at radius 1 is 1.06 bits per heavy atom. The molecule has 1 aromatic rings. The molecular weight excluding hydrogens is 216 g/mol. The molecule has 0 fully saturated rings. The molecule has 1 rings (SSSR count). The summed E-state index contributed by atoms with van der Waals surface area (Å²) in [5, 5.41) is 6.96. The van der Waals surface area contributed by atoms with Gasteiger partial charge < -0.3 is 10.6 Å². The third-order valence-corrected chi connectivity index (χ3v) is 1.72. The minimum Gasteiger partial charge on any atom is -0.358 e. The number of hydrogen-bond acceptors (Lipinski definition) is 1. The molecule has 0 atom stereocenters. The average Bonchev–Trinajstić information content (AvgIpc) is 2.19. The smallest absolute Gasteiger partial charge is 0.171 e. The van der Waals surface area contributed by atoms with Crippen molar-refractivity contribution in [3.8, 4) is 0 Å². The van der Waals surface area contributed by atoms with Crippen LogP contribution in [0.4, 0.5) is 5.69 Å². The van der Waals surface area contributed by atoms with Gasteiger partial charge in [0.1, 0.15) is 0 Å². The number of hydrogen-bond donors (Lipinski definition) is 2. The molecule has 0 radical (unpaired) electrons. The van der Waals surface area contributed by atoms with Crippen LogP contribution in [0.5, 0.6) is 0 Å². The lowest BCUT2D eigenvalue weighted by Crippen LogP contribution is -2.42. The van der Waals surface area contributed by atoms with Crippen molar-refractivity contribution >= 4 is 23.0 Å². The van der Waals surface area contributed by atoms with E-state index >= 15 is 0 Å². The van der Waals surface area contributed by atoms with Crippen LogP contribution in [0.2, 0.25) is 0 Å². The zero-order valence-electron chi connectivity index (χ0n) is 10.8. The van der Waals surface area contributed by atoms with Gasteiger partial charge in [-0.15, -0.1) is 0 Å². The van der Waals surface area contributed by atoms with E-state index in [9.17, 15) is 0 Å². The van der Waals surface area contributed by atoms with E-state index in [0.29, 0.717) is 5.11 Å². The largest absolute Gasteiger partial charge is 0.358 e. The Bertz CT molecular complexity index is 301. The van der Waals surface area contributed by atoms with Crippen LogP contribution in [0, 0.1) is 0 Å². The highest BCUT2D eigenvalue weighted by atomic mass is 32.1. The summed E-state index contributed by atoms with van der Waals surface area (Å²) in [6.45, 7) is 10.2. The molecule has 3 heteroatoms. The third-order valence-electron chi connectivity index (χ3n) is 1.52. The third kappa shape index (κ3) is 7.23. The molecule has 2 nitrogen and oxygen atoms in total. The molecule has 0 aliphatic heterocycles. The first-order valence-electron chi connectivity index (χ1n) is 5.61. The van der Waals surface area contributed by atoms with E-state index in [4.69, 9.17) is 12.2 Å². The lowest BCUT2D eigenvalue weighted by molar-refractivity contribution is 0.515. The van der Waals surface area contributed by atoms with E-state index in [1.807, 2.05) is 44.2 Å². The van der Waals surface area contributed by atoms with E-state index in [1.165, 1.54) is 0 Å². The molecule has 0 unspecified atom stereocenters. The lowest BCUT2D eigenvalue weighted by atomic mass is 10.1. The zero-order valence-corrected chi connectivity index (χ0v) is 11.6. The van der Waals surface area contributed by atoms with E-state index < -0.39 is 0 Å². The molecule has 0 bridgehead atoms. The standard InChI is InChI=1S/C11H16N2S.C2H6/c1-11(2,3)13-10(14)12-9-7-5-4-6-8-9;1-2/h4-8H,1-3H3,(H2,12,13,14);1-2H3. The van der Waals surface area contributed by atoms with Gasteiger partial charge in [-0.2, -0.15) is 0 Å². The molecule has 1 aromatic carbocycles. The average molecular weight is 238 g/mol. The molecule has 0 spiro atoms. The fourth-order valence-corrected chi connectivity index (χ4v) is 1.45. The Balaban J connectivity index is 0.00000106. The predicted molar refractivity (Wildman–Crippen MR) is 76.9 cm³/mol. The number of nitrogens with one attached hydrogen (secondary N) is 2. The minimum atomic E-state index is -0.00113. The monoisotopic (exact) mass is 238 g/mol. The van der Waals surface area contributed by atoms with Gasteiger partial charge in [-0.1, -0.05) is 32.0 Å². The molecule has 0 amide bonds. The number of rotatable bonds is 1. The summed E-state index contributed by atoms with van der Waals surface area (Å²) in [6, 6.07) is 9.89. The summed E-state index contributed by atoms with van der Waals surface area (Å²) in [5.74, 6) is 0. The number of para-hydroxylation sites is 1. The van der Waals surface area contributed by atoms with Gasteiger partial charge in [-0.3, -0.25) is 0 Å². The van der Waals surface area contributed by atoms with Gasteiger partial charge in [0, 0.05) is 11.2 Å². The van der Waals surface area contributed by atoms with Crippen molar-refractivity contribution in [2.45, 2.75) is 40.2 Å². The number of thiocarbonyl (C=S) groups is 1. The van der Waals surface area contributed by atoms with Crippen molar-refractivity contribution < 1.29 is 0 Å². The summed E-state index contributed by atoms with van der Waals surface area (Å²) in [5.41, 5.74) is 1.01. The maximum absolute atomic E-state index is 5.16. The summed E-state index contributed by atoms with van der Waals surface area (Å²) in [4.78, 5) is 0. The normalized spacial score (nSPS) is 9.81. The van der Waals surface area contributed by atoms with Crippen LogP contribution in [0.15, 0.2) is 30.3 Å². The van der Waals surface area contributed by atoms with E-state index in [2.05, 4.69) is 31.4 Å². The van der Waals surface area contributed by atoms with Crippen molar-refractivity contribution in [2.24, 2.45) is 0 Å². The Hall–Kier alpha value is -1.09. The maximum Gasteiger partial charge on any atom is 0.171 e. The first-order chi connectivity index (χ1) is 7.47. The van der Waals surface area contributed by atoms with Crippen molar-refractivity contribution in [1.82, 2.24) is 5.32 Å². The second-order valence-corrected chi connectivity index (χ2v) is 4.60. The maximum atomic E-state index is 5.16. The Morgan fingerprint density at radius 2 is 1.56 bits per heavy atom. The summed E-state index contributed by atoms with van der Waals surface area (Å²) < 4.78 is 0. The van der Waals surface area contributed by atoms with Crippen molar-refractivity contribution in [2.75, 3.05) is 5.32 Å². The molecule has 0 aliphatic carbocycles. The first kappa shape index (κ1) is 14.9. The van der Waals surface area contributed by atoms with Crippen LogP contribution in [0.25, 0.3) is 0 Å². The van der Waals surface area contributed by atoms with Crippen LogP contribution in [0.1, 0.15) is 34.6 Å². The topological polar surface area (TPSA) is 24.1 Å². The first-order valence-corrected chi connectivity index (χ1v) is 6.02. The van der Waals surface area contributed by atoms with E-state index in [-0.39, 0.29) is 5.54 Å². The van der Waals surface area contributed by atoms with Gasteiger partial charge in [0.05, 0.1) is 0 Å². The fourth-order valence-electron chi connectivity index (χ4n) is 1.02. The number of anilines is 1. The molecule has 90 valence electrons. The molecule has 2 N–H and O–H groups in total. The second kappa shape index (κ2) is 7.23. The molecule has 0 saturated carbocycles. The van der Waals surface area contributed by atoms with Crippen LogP contribution in [-0.4, -0.2) is 10.7 Å². The Labute approximate surface area is 104 Å². The van der Waals surface area contributed by atoms with Crippen LogP contribution in [-0.2, 0) is 0 Å². The van der Waals surface area contributed by atoms with Gasteiger partial charge >= 0.3 is 0 Å². The van der Waals surface area contributed by atoms with E-state index in [1.54, 1.807) is 0 Å².